The highest BCUT2D eigenvalue weighted by molar-refractivity contribution is 9.10. The van der Waals surface area contributed by atoms with Crippen molar-refractivity contribution in [3.05, 3.63) is 52.0 Å². The summed E-state index contributed by atoms with van der Waals surface area (Å²) in [6, 6.07) is 10.7. The molecule has 1 heterocycles. The largest absolute Gasteiger partial charge is 0.490 e. The number of amides is 2. The molecule has 2 aromatic carbocycles. The number of rotatable bonds is 8. The third-order valence-electron chi connectivity index (χ3n) is 4.87. The summed E-state index contributed by atoms with van der Waals surface area (Å²) in [6.45, 7) is 6.49. The molecule has 0 aliphatic carbocycles. The first-order chi connectivity index (χ1) is 14.5. The second kappa shape index (κ2) is 10.5. The highest BCUT2D eigenvalue weighted by Gasteiger charge is 2.19. The molecule has 0 unspecified atom stereocenters. The molecule has 7 heteroatoms. The van der Waals surface area contributed by atoms with Crippen molar-refractivity contribution in [3.63, 3.8) is 0 Å². The lowest BCUT2D eigenvalue weighted by Crippen LogP contribution is -2.27. The Balaban J connectivity index is 1.65. The van der Waals surface area contributed by atoms with Crippen LogP contribution in [0.15, 0.2) is 40.9 Å². The molecule has 0 bridgehead atoms. The molecular formula is C23H27BrN2O4. The molecule has 0 spiro atoms. The lowest BCUT2D eigenvalue weighted by atomic mass is 10.1. The zero-order chi connectivity index (χ0) is 21.5. The van der Waals surface area contributed by atoms with Gasteiger partial charge in [-0.25, -0.2) is 0 Å². The van der Waals surface area contributed by atoms with Crippen molar-refractivity contribution >= 4 is 33.4 Å². The number of likely N-dealkylation sites (tertiary alicyclic amines) is 1. The van der Waals surface area contributed by atoms with E-state index < -0.39 is 0 Å². The van der Waals surface area contributed by atoms with E-state index in [-0.39, 0.29) is 18.2 Å². The predicted octanol–water partition coefficient (Wildman–Crippen LogP) is 4.66. The zero-order valence-corrected chi connectivity index (χ0v) is 19.0. The normalized spacial score (nSPS) is 13.2. The van der Waals surface area contributed by atoms with Gasteiger partial charge >= 0.3 is 0 Å². The van der Waals surface area contributed by atoms with Crippen molar-refractivity contribution < 1.29 is 19.1 Å². The van der Waals surface area contributed by atoms with Gasteiger partial charge in [0.05, 0.1) is 19.6 Å². The van der Waals surface area contributed by atoms with Gasteiger partial charge in [0.25, 0.3) is 5.91 Å². The van der Waals surface area contributed by atoms with Gasteiger partial charge in [0.2, 0.25) is 5.91 Å². The summed E-state index contributed by atoms with van der Waals surface area (Å²) in [4.78, 5) is 26.9. The fourth-order valence-electron chi connectivity index (χ4n) is 3.43. The zero-order valence-electron chi connectivity index (χ0n) is 17.4. The molecule has 1 aliphatic rings. The van der Waals surface area contributed by atoms with Crippen LogP contribution in [0.3, 0.4) is 0 Å². The van der Waals surface area contributed by atoms with E-state index in [0.717, 1.165) is 36.0 Å². The van der Waals surface area contributed by atoms with E-state index in [1.165, 1.54) is 0 Å². The molecule has 160 valence electrons. The Morgan fingerprint density at radius 2 is 1.60 bits per heavy atom. The third kappa shape index (κ3) is 5.53. The van der Waals surface area contributed by atoms with Crippen LogP contribution in [-0.2, 0) is 11.2 Å². The van der Waals surface area contributed by atoms with Gasteiger partial charge in [0.15, 0.2) is 11.5 Å². The maximum absolute atomic E-state index is 12.6. The Morgan fingerprint density at radius 3 is 2.20 bits per heavy atom. The van der Waals surface area contributed by atoms with Gasteiger partial charge in [-0.2, -0.15) is 0 Å². The van der Waals surface area contributed by atoms with E-state index in [1.807, 2.05) is 30.9 Å². The maximum Gasteiger partial charge on any atom is 0.253 e. The molecule has 0 aromatic heterocycles. The molecular weight excluding hydrogens is 448 g/mol. The summed E-state index contributed by atoms with van der Waals surface area (Å²) in [5.74, 6) is 1.16. The van der Waals surface area contributed by atoms with Gasteiger partial charge < -0.3 is 19.7 Å². The molecule has 1 fully saturated rings. The number of halogens is 1. The summed E-state index contributed by atoms with van der Waals surface area (Å²) < 4.78 is 12.0. The van der Waals surface area contributed by atoms with Crippen LogP contribution in [0.4, 0.5) is 5.69 Å². The molecule has 1 saturated heterocycles. The Hall–Kier alpha value is -2.54. The van der Waals surface area contributed by atoms with E-state index in [0.29, 0.717) is 36.0 Å². The Morgan fingerprint density at radius 1 is 1.00 bits per heavy atom. The lowest BCUT2D eigenvalue weighted by Gasteiger charge is -2.15. The SMILES string of the molecule is CCOc1cc(Br)c(CC(=O)Nc2ccc(C(=O)N3CCCC3)cc2)cc1OCC. The average Bonchev–Trinajstić information content (AvgIpc) is 3.26. The molecule has 0 atom stereocenters. The predicted molar refractivity (Wildman–Crippen MR) is 120 cm³/mol. The minimum Gasteiger partial charge on any atom is -0.490 e. The van der Waals surface area contributed by atoms with Crippen LogP contribution >= 0.6 is 15.9 Å². The first kappa shape index (κ1) is 22.2. The Bertz CT molecular complexity index is 893. The number of carbonyl (C=O) groups is 2. The number of benzene rings is 2. The van der Waals surface area contributed by atoms with Crippen molar-refractivity contribution in [2.45, 2.75) is 33.1 Å². The molecule has 3 rings (SSSR count). The smallest absolute Gasteiger partial charge is 0.253 e. The highest BCUT2D eigenvalue weighted by Crippen LogP contribution is 2.34. The van der Waals surface area contributed by atoms with E-state index in [1.54, 1.807) is 24.3 Å². The molecule has 6 nitrogen and oxygen atoms in total. The first-order valence-electron chi connectivity index (χ1n) is 10.3. The number of hydrogen-bond acceptors (Lipinski definition) is 4. The monoisotopic (exact) mass is 474 g/mol. The molecule has 1 aliphatic heterocycles. The third-order valence-corrected chi connectivity index (χ3v) is 5.61. The second-order valence-electron chi connectivity index (χ2n) is 7.06. The molecule has 0 saturated carbocycles. The minimum absolute atomic E-state index is 0.0483. The molecule has 2 amide bonds. The summed E-state index contributed by atoms with van der Waals surface area (Å²) in [6.07, 6.45) is 2.31. The highest BCUT2D eigenvalue weighted by atomic mass is 79.9. The van der Waals surface area contributed by atoms with Crippen LogP contribution < -0.4 is 14.8 Å². The first-order valence-corrected chi connectivity index (χ1v) is 11.1. The number of anilines is 1. The molecule has 1 N–H and O–H groups in total. The molecule has 2 aromatic rings. The van der Waals surface area contributed by atoms with Gasteiger partial charge in [-0.1, -0.05) is 15.9 Å². The lowest BCUT2D eigenvalue weighted by molar-refractivity contribution is -0.115. The van der Waals surface area contributed by atoms with Crippen LogP contribution in [0.25, 0.3) is 0 Å². The topological polar surface area (TPSA) is 67.9 Å². The van der Waals surface area contributed by atoms with Crippen molar-refractivity contribution in [1.82, 2.24) is 4.90 Å². The minimum atomic E-state index is -0.152. The van der Waals surface area contributed by atoms with Crippen molar-refractivity contribution in [3.8, 4) is 11.5 Å². The molecule has 0 radical (unpaired) electrons. The van der Waals surface area contributed by atoms with Crippen LogP contribution in [0.2, 0.25) is 0 Å². The van der Waals surface area contributed by atoms with Gasteiger partial charge in [0.1, 0.15) is 0 Å². The van der Waals surface area contributed by atoms with Gasteiger partial charge in [-0.15, -0.1) is 0 Å². The number of ether oxygens (including phenoxy) is 2. The quantitative estimate of drug-likeness (QED) is 0.603. The fraction of sp³-hybridized carbons (Fsp3) is 0.391. The summed E-state index contributed by atoms with van der Waals surface area (Å²) in [5.41, 5.74) is 2.11. The number of nitrogens with one attached hydrogen (secondary N) is 1. The summed E-state index contributed by atoms with van der Waals surface area (Å²) >= 11 is 3.52. The van der Waals surface area contributed by atoms with Crippen LogP contribution in [0.5, 0.6) is 11.5 Å². The van der Waals surface area contributed by atoms with Crippen molar-refractivity contribution in [2.75, 3.05) is 31.6 Å². The van der Waals surface area contributed by atoms with Crippen LogP contribution in [-0.4, -0.2) is 43.0 Å². The number of hydrogen-bond donors (Lipinski definition) is 1. The van der Waals surface area contributed by atoms with Crippen LogP contribution in [0, 0.1) is 0 Å². The van der Waals surface area contributed by atoms with E-state index >= 15 is 0 Å². The standard InChI is InChI=1S/C23H27BrN2O4/c1-3-29-20-13-17(19(24)15-21(20)30-4-2)14-22(27)25-18-9-7-16(8-10-18)23(28)26-11-5-6-12-26/h7-10,13,15H,3-6,11-12,14H2,1-2H3,(H,25,27). The van der Waals surface area contributed by atoms with Crippen LogP contribution in [0.1, 0.15) is 42.6 Å². The molecule has 30 heavy (non-hydrogen) atoms. The fourth-order valence-corrected chi connectivity index (χ4v) is 3.89. The second-order valence-corrected chi connectivity index (χ2v) is 7.91. The van der Waals surface area contributed by atoms with Gasteiger partial charge in [-0.05, 0) is 68.7 Å². The summed E-state index contributed by atoms with van der Waals surface area (Å²) in [7, 11) is 0. The van der Waals surface area contributed by atoms with E-state index in [9.17, 15) is 9.59 Å². The Labute approximate surface area is 185 Å². The van der Waals surface area contributed by atoms with Crippen molar-refractivity contribution in [2.24, 2.45) is 0 Å². The van der Waals surface area contributed by atoms with Gasteiger partial charge in [-0.3, -0.25) is 9.59 Å². The summed E-state index contributed by atoms with van der Waals surface area (Å²) in [5, 5.41) is 2.89. The van der Waals surface area contributed by atoms with E-state index in [4.69, 9.17) is 9.47 Å². The number of nitrogens with zero attached hydrogens (tertiary/aromatic N) is 1. The van der Waals surface area contributed by atoms with E-state index in [2.05, 4.69) is 21.2 Å². The number of carbonyl (C=O) groups excluding carboxylic acids is 2. The Kier molecular flexibility index (Phi) is 7.74. The van der Waals surface area contributed by atoms with Gasteiger partial charge in [0, 0.05) is 28.8 Å². The van der Waals surface area contributed by atoms with Crippen molar-refractivity contribution in [1.29, 1.82) is 0 Å². The maximum atomic E-state index is 12.6. The average molecular weight is 475 g/mol.